The lowest BCUT2D eigenvalue weighted by Crippen LogP contribution is -2.56. The van der Waals surface area contributed by atoms with Gasteiger partial charge in [-0.25, -0.2) is 4.98 Å². The molecular formula is C18H21N3O4S. The molecular weight excluding hydrogens is 354 g/mol. The molecule has 138 valence electrons. The van der Waals surface area contributed by atoms with Crippen LogP contribution in [0.4, 0.5) is 0 Å². The highest BCUT2D eigenvalue weighted by atomic mass is 32.1. The lowest BCUT2D eigenvalue weighted by atomic mass is 10.0. The number of hydrogen-bond donors (Lipinski definition) is 2. The maximum absolute atomic E-state index is 12.1. The van der Waals surface area contributed by atoms with Crippen molar-refractivity contribution in [2.45, 2.75) is 25.2 Å². The molecule has 2 aromatic rings. The van der Waals surface area contributed by atoms with E-state index in [1.54, 1.807) is 11.6 Å². The van der Waals surface area contributed by atoms with Gasteiger partial charge in [0.25, 0.3) is 5.91 Å². The molecule has 1 saturated heterocycles. The number of likely N-dealkylation sites (tertiary alicyclic amines) is 1. The Morgan fingerprint density at radius 3 is 2.88 bits per heavy atom. The van der Waals surface area contributed by atoms with Crippen LogP contribution >= 0.6 is 11.3 Å². The molecule has 0 radical (unpaired) electrons. The minimum Gasteiger partial charge on any atom is -0.460 e. The van der Waals surface area contributed by atoms with Crippen molar-refractivity contribution in [2.24, 2.45) is 0 Å². The number of piperidine rings is 1. The highest BCUT2D eigenvalue weighted by Crippen LogP contribution is 2.13. The average molecular weight is 375 g/mol. The van der Waals surface area contributed by atoms with Crippen molar-refractivity contribution in [1.82, 2.24) is 15.2 Å². The van der Waals surface area contributed by atoms with E-state index >= 15 is 0 Å². The topological polar surface area (TPSA) is 91.8 Å². The fourth-order valence-corrected chi connectivity index (χ4v) is 3.36. The second-order valence-electron chi connectivity index (χ2n) is 6.15. The van der Waals surface area contributed by atoms with E-state index in [2.05, 4.69) is 10.3 Å². The smallest absolute Gasteiger partial charge is 0.320 e. The number of thiazole rings is 1. The molecule has 26 heavy (non-hydrogen) atoms. The number of carbonyl (C=O) groups excluding carboxylic acids is 2. The standard InChI is InChI=1S/C18H21N3O4S/c22-15-6-8-21(10-14(15)20-17(24)18-19-7-9-26-18)11-16(23)25-12-13-4-2-1-3-5-13/h1-5,7,9,14-15,22H,6,8,10-12H2,(H,20,24)/t14-,15-/m0/s1. The Balaban J connectivity index is 1.47. The lowest BCUT2D eigenvalue weighted by molar-refractivity contribution is -0.147. The number of benzene rings is 1. The van der Waals surface area contributed by atoms with Gasteiger partial charge >= 0.3 is 5.97 Å². The van der Waals surface area contributed by atoms with Crippen molar-refractivity contribution in [3.05, 3.63) is 52.5 Å². The first-order valence-electron chi connectivity index (χ1n) is 8.42. The van der Waals surface area contributed by atoms with Crippen molar-refractivity contribution in [3.63, 3.8) is 0 Å². The Labute approximate surface area is 155 Å². The van der Waals surface area contributed by atoms with Crippen molar-refractivity contribution in [1.29, 1.82) is 0 Å². The van der Waals surface area contributed by atoms with E-state index < -0.39 is 12.1 Å². The van der Waals surface area contributed by atoms with Crippen molar-refractivity contribution in [3.8, 4) is 0 Å². The summed E-state index contributed by atoms with van der Waals surface area (Å²) in [6.07, 6.45) is 1.40. The van der Waals surface area contributed by atoms with Crippen LogP contribution in [0.5, 0.6) is 0 Å². The van der Waals surface area contributed by atoms with Gasteiger partial charge < -0.3 is 15.2 Å². The second-order valence-corrected chi connectivity index (χ2v) is 7.05. The number of nitrogens with one attached hydrogen (secondary N) is 1. The van der Waals surface area contributed by atoms with Crippen molar-refractivity contribution >= 4 is 23.2 Å². The monoisotopic (exact) mass is 375 g/mol. The number of hydrogen-bond acceptors (Lipinski definition) is 7. The zero-order valence-corrected chi connectivity index (χ0v) is 15.0. The fraction of sp³-hybridized carbons (Fsp3) is 0.389. The minimum atomic E-state index is -0.643. The molecule has 8 heteroatoms. The highest BCUT2D eigenvalue weighted by molar-refractivity contribution is 7.11. The molecule has 2 heterocycles. The van der Waals surface area contributed by atoms with Crippen molar-refractivity contribution < 1.29 is 19.4 Å². The van der Waals surface area contributed by atoms with Gasteiger partial charge in [-0.05, 0) is 12.0 Å². The van der Waals surface area contributed by atoms with Crippen LogP contribution in [0.3, 0.4) is 0 Å². The quantitative estimate of drug-likeness (QED) is 0.734. The molecule has 2 atom stereocenters. The largest absolute Gasteiger partial charge is 0.460 e. The Bertz CT molecular complexity index is 723. The Morgan fingerprint density at radius 1 is 1.35 bits per heavy atom. The van der Waals surface area contributed by atoms with Crippen LogP contribution in [0.25, 0.3) is 0 Å². The molecule has 0 unspecified atom stereocenters. The predicted molar refractivity (Wildman–Crippen MR) is 96.7 cm³/mol. The summed E-state index contributed by atoms with van der Waals surface area (Å²) in [6, 6.07) is 9.05. The van der Waals surface area contributed by atoms with Crippen LogP contribution in [0, 0.1) is 0 Å². The third kappa shape index (κ3) is 5.10. The summed E-state index contributed by atoms with van der Waals surface area (Å²) in [5.74, 6) is -0.632. The first-order chi connectivity index (χ1) is 12.6. The molecule has 1 aliphatic heterocycles. The van der Waals surface area contributed by atoms with Gasteiger partial charge in [-0.1, -0.05) is 30.3 Å². The summed E-state index contributed by atoms with van der Waals surface area (Å²) in [6.45, 7) is 1.33. The Hall–Kier alpha value is -2.29. The number of aliphatic hydroxyl groups is 1. The van der Waals surface area contributed by atoms with Gasteiger partial charge in [0.1, 0.15) is 6.61 Å². The molecule has 1 aromatic heterocycles. The number of amides is 1. The van der Waals surface area contributed by atoms with Crippen LogP contribution < -0.4 is 5.32 Å². The van der Waals surface area contributed by atoms with Crippen LogP contribution in [-0.4, -0.2) is 58.6 Å². The molecule has 7 nitrogen and oxygen atoms in total. The maximum Gasteiger partial charge on any atom is 0.320 e. The van der Waals surface area contributed by atoms with Gasteiger partial charge in [0.2, 0.25) is 0 Å². The Kier molecular flexibility index (Phi) is 6.32. The molecule has 0 spiro atoms. The van der Waals surface area contributed by atoms with Crippen LogP contribution in [0.1, 0.15) is 21.8 Å². The number of rotatable bonds is 6. The van der Waals surface area contributed by atoms with E-state index in [1.807, 2.05) is 35.2 Å². The van der Waals surface area contributed by atoms with Gasteiger partial charge in [-0.2, -0.15) is 0 Å². The van der Waals surface area contributed by atoms with Gasteiger partial charge in [-0.3, -0.25) is 14.5 Å². The van der Waals surface area contributed by atoms with Crippen LogP contribution in [-0.2, 0) is 16.1 Å². The van der Waals surface area contributed by atoms with E-state index in [-0.39, 0.29) is 25.0 Å². The molecule has 3 rings (SSSR count). The zero-order valence-electron chi connectivity index (χ0n) is 14.2. The van der Waals surface area contributed by atoms with Gasteiger partial charge in [0, 0.05) is 24.7 Å². The van der Waals surface area contributed by atoms with E-state index in [4.69, 9.17) is 4.74 Å². The number of ether oxygens (including phenoxy) is 1. The van der Waals surface area contributed by atoms with Gasteiger partial charge in [0.05, 0.1) is 18.7 Å². The summed E-state index contributed by atoms with van der Waals surface area (Å²) in [5.41, 5.74) is 0.934. The minimum absolute atomic E-state index is 0.128. The summed E-state index contributed by atoms with van der Waals surface area (Å²) in [7, 11) is 0. The van der Waals surface area contributed by atoms with Crippen LogP contribution in [0.15, 0.2) is 41.9 Å². The summed E-state index contributed by atoms with van der Waals surface area (Å²) in [5, 5.41) is 15.0. The lowest BCUT2D eigenvalue weighted by Gasteiger charge is -2.35. The third-order valence-corrected chi connectivity index (χ3v) is 4.97. The average Bonchev–Trinajstić information content (AvgIpc) is 3.18. The molecule has 0 bridgehead atoms. The van der Waals surface area contributed by atoms with Crippen molar-refractivity contribution in [2.75, 3.05) is 19.6 Å². The first-order valence-corrected chi connectivity index (χ1v) is 9.30. The highest BCUT2D eigenvalue weighted by Gasteiger charge is 2.30. The van der Waals surface area contributed by atoms with E-state index in [9.17, 15) is 14.7 Å². The zero-order chi connectivity index (χ0) is 18.4. The van der Waals surface area contributed by atoms with Crippen LogP contribution in [0.2, 0.25) is 0 Å². The van der Waals surface area contributed by atoms with E-state index in [0.29, 0.717) is 24.5 Å². The Morgan fingerprint density at radius 2 is 2.15 bits per heavy atom. The fourth-order valence-electron chi connectivity index (χ4n) is 2.82. The SMILES string of the molecule is O=C(CN1CC[C@H](O)[C@@H](NC(=O)c2nccs2)C1)OCc1ccccc1. The normalized spacial score (nSPS) is 20.5. The molecule has 1 aliphatic rings. The molecule has 1 amide bonds. The number of esters is 1. The molecule has 2 N–H and O–H groups in total. The van der Waals surface area contributed by atoms with Gasteiger partial charge in [0.15, 0.2) is 5.01 Å². The molecule has 0 aliphatic carbocycles. The van der Waals surface area contributed by atoms with E-state index in [0.717, 1.165) is 5.56 Å². The maximum atomic E-state index is 12.1. The molecule has 1 fully saturated rings. The molecule has 1 aromatic carbocycles. The third-order valence-electron chi connectivity index (χ3n) is 4.20. The summed E-state index contributed by atoms with van der Waals surface area (Å²) < 4.78 is 5.29. The second kappa shape index (κ2) is 8.88. The predicted octanol–water partition coefficient (Wildman–Crippen LogP) is 1.05. The summed E-state index contributed by atoms with van der Waals surface area (Å²) in [4.78, 5) is 30.0. The summed E-state index contributed by atoms with van der Waals surface area (Å²) >= 11 is 1.24. The molecule has 0 saturated carbocycles. The number of aliphatic hydroxyl groups excluding tert-OH is 1. The first kappa shape index (κ1) is 18.5. The van der Waals surface area contributed by atoms with Gasteiger partial charge in [-0.15, -0.1) is 11.3 Å². The number of nitrogens with zero attached hydrogens (tertiary/aromatic N) is 2. The van der Waals surface area contributed by atoms with E-state index in [1.165, 1.54) is 11.3 Å². The number of carbonyl (C=O) groups is 2. The number of aromatic nitrogens is 1.